The number of rotatable bonds is 4. The molecule has 1 heterocycles. The van der Waals surface area contributed by atoms with Gasteiger partial charge in [0, 0.05) is 18.6 Å². The first-order chi connectivity index (χ1) is 6.59. The maximum atomic E-state index is 11.4. The highest BCUT2D eigenvalue weighted by Gasteiger charge is 2.20. The van der Waals surface area contributed by atoms with Gasteiger partial charge in [0.2, 0.25) is 5.91 Å². The molecule has 1 unspecified atom stereocenters. The van der Waals surface area contributed by atoms with Gasteiger partial charge in [0.1, 0.15) is 0 Å². The quantitative estimate of drug-likeness (QED) is 0.659. The lowest BCUT2D eigenvalue weighted by molar-refractivity contribution is -0.122. The summed E-state index contributed by atoms with van der Waals surface area (Å²) >= 11 is 0. The molecule has 0 saturated carbocycles. The van der Waals surface area contributed by atoms with Crippen molar-refractivity contribution in [1.82, 2.24) is 15.5 Å². The largest absolute Gasteiger partial charge is 0.353 e. The fourth-order valence-electron chi connectivity index (χ4n) is 1.74. The van der Waals surface area contributed by atoms with Crippen molar-refractivity contribution < 1.29 is 4.79 Å². The van der Waals surface area contributed by atoms with E-state index in [1.54, 1.807) is 0 Å². The predicted molar refractivity (Wildman–Crippen MR) is 57.2 cm³/mol. The van der Waals surface area contributed by atoms with Crippen LogP contribution in [-0.2, 0) is 4.79 Å². The number of hydrogen-bond acceptors (Lipinski definition) is 3. The van der Waals surface area contributed by atoms with Crippen molar-refractivity contribution >= 4 is 5.91 Å². The van der Waals surface area contributed by atoms with Crippen LogP contribution >= 0.6 is 0 Å². The lowest BCUT2D eigenvalue weighted by Gasteiger charge is -2.23. The van der Waals surface area contributed by atoms with Crippen LogP contribution in [0, 0.1) is 0 Å². The van der Waals surface area contributed by atoms with Gasteiger partial charge in [0.05, 0.1) is 6.54 Å². The molecule has 0 aromatic carbocycles. The molecule has 14 heavy (non-hydrogen) atoms. The summed E-state index contributed by atoms with van der Waals surface area (Å²) in [6.45, 7) is 6.54. The Bertz CT molecular complexity index is 188. The summed E-state index contributed by atoms with van der Waals surface area (Å²) in [4.78, 5) is 13.6. The SMILES string of the molecule is CC(C)NC(=O)CN(C)C1CCNC1. The topological polar surface area (TPSA) is 44.4 Å². The summed E-state index contributed by atoms with van der Waals surface area (Å²) in [7, 11) is 2.01. The Labute approximate surface area is 86.0 Å². The molecule has 1 amide bonds. The Balaban J connectivity index is 2.24. The third-order valence-electron chi connectivity index (χ3n) is 2.50. The summed E-state index contributed by atoms with van der Waals surface area (Å²) < 4.78 is 0. The summed E-state index contributed by atoms with van der Waals surface area (Å²) in [6, 6.07) is 0.755. The number of carbonyl (C=O) groups excluding carboxylic acids is 1. The second-order valence-electron chi connectivity index (χ2n) is 4.28. The van der Waals surface area contributed by atoms with E-state index in [1.807, 2.05) is 20.9 Å². The van der Waals surface area contributed by atoms with E-state index in [0.717, 1.165) is 19.5 Å². The average molecular weight is 199 g/mol. The molecule has 1 aliphatic rings. The Morgan fingerprint density at radius 3 is 2.86 bits per heavy atom. The Morgan fingerprint density at radius 1 is 1.64 bits per heavy atom. The van der Waals surface area contributed by atoms with Crippen molar-refractivity contribution in [3.63, 3.8) is 0 Å². The molecule has 0 aromatic rings. The van der Waals surface area contributed by atoms with E-state index < -0.39 is 0 Å². The molecule has 0 spiro atoms. The van der Waals surface area contributed by atoms with Gasteiger partial charge in [-0.1, -0.05) is 0 Å². The highest BCUT2D eigenvalue weighted by molar-refractivity contribution is 5.78. The fourth-order valence-corrected chi connectivity index (χ4v) is 1.74. The third-order valence-corrected chi connectivity index (χ3v) is 2.50. The van der Waals surface area contributed by atoms with Gasteiger partial charge in [0.15, 0.2) is 0 Å². The molecule has 0 radical (unpaired) electrons. The van der Waals surface area contributed by atoms with Gasteiger partial charge in [-0.25, -0.2) is 0 Å². The molecule has 82 valence electrons. The Hall–Kier alpha value is -0.610. The fraction of sp³-hybridized carbons (Fsp3) is 0.900. The van der Waals surface area contributed by atoms with Crippen molar-refractivity contribution in [2.45, 2.75) is 32.4 Å². The number of nitrogens with zero attached hydrogens (tertiary/aromatic N) is 1. The lowest BCUT2D eigenvalue weighted by atomic mass is 10.2. The maximum Gasteiger partial charge on any atom is 0.234 e. The van der Waals surface area contributed by atoms with Crippen LogP contribution in [0.15, 0.2) is 0 Å². The molecule has 1 aliphatic heterocycles. The standard InChI is InChI=1S/C10H21N3O/c1-8(2)12-10(14)7-13(3)9-4-5-11-6-9/h8-9,11H,4-7H2,1-3H3,(H,12,14). The van der Waals surface area contributed by atoms with Crippen molar-refractivity contribution in [2.75, 3.05) is 26.7 Å². The van der Waals surface area contributed by atoms with E-state index in [2.05, 4.69) is 15.5 Å². The highest BCUT2D eigenvalue weighted by Crippen LogP contribution is 2.04. The van der Waals surface area contributed by atoms with Crippen molar-refractivity contribution in [3.05, 3.63) is 0 Å². The first-order valence-electron chi connectivity index (χ1n) is 5.30. The number of likely N-dealkylation sites (N-methyl/N-ethyl adjacent to an activating group) is 1. The molecule has 1 fully saturated rings. The number of amides is 1. The van der Waals surface area contributed by atoms with Gasteiger partial charge in [-0.15, -0.1) is 0 Å². The summed E-state index contributed by atoms with van der Waals surface area (Å²) in [6.07, 6.45) is 1.14. The minimum atomic E-state index is 0.120. The van der Waals surface area contributed by atoms with Crippen LogP contribution in [0.25, 0.3) is 0 Å². The van der Waals surface area contributed by atoms with Gasteiger partial charge in [-0.3, -0.25) is 9.69 Å². The first kappa shape index (κ1) is 11.5. The van der Waals surface area contributed by atoms with Crippen LogP contribution in [-0.4, -0.2) is 49.6 Å². The van der Waals surface area contributed by atoms with Gasteiger partial charge in [-0.05, 0) is 33.9 Å². The lowest BCUT2D eigenvalue weighted by Crippen LogP contribution is -2.43. The first-order valence-corrected chi connectivity index (χ1v) is 5.30. The van der Waals surface area contributed by atoms with Gasteiger partial charge in [0.25, 0.3) is 0 Å². The van der Waals surface area contributed by atoms with Crippen molar-refractivity contribution in [2.24, 2.45) is 0 Å². The molecule has 0 aromatic heterocycles. The van der Waals surface area contributed by atoms with E-state index in [9.17, 15) is 4.79 Å². The minimum Gasteiger partial charge on any atom is -0.353 e. The zero-order valence-corrected chi connectivity index (χ0v) is 9.34. The minimum absolute atomic E-state index is 0.120. The molecule has 2 N–H and O–H groups in total. The number of carbonyl (C=O) groups is 1. The molecule has 4 heteroatoms. The van der Waals surface area contributed by atoms with Crippen molar-refractivity contribution in [3.8, 4) is 0 Å². The summed E-state index contributed by atoms with van der Waals surface area (Å²) in [5, 5.41) is 6.19. The van der Waals surface area contributed by atoms with Crippen LogP contribution in [0.2, 0.25) is 0 Å². The molecule has 1 atom stereocenters. The Morgan fingerprint density at radius 2 is 2.36 bits per heavy atom. The summed E-state index contributed by atoms with van der Waals surface area (Å²) in [5.41, 5.74) is 0. The molecule has 1 rings (SSSR count). The van der Waals surface area contributed by atoms with E-state index >= 15 is 0 Å². The molecule has 0 bridgehead atoms. The zero-order valence-electron chi connectivity index (χ0n) is 9.34. The average Bonchev–Trinajstić information content (AvgIpc) is 2.53. The molecule has 0 aliphatic carbocycles. The second kappa shape index (κ2) is 5.32. The van der Waals surface area contributed by atoms with E-state index in [0.29, 0.717) is 12.6 Å². The van der Waals surface area contributed by atoms with Gasteiger partial charge < -0.3 is 10.6 Å². The van der Waals surface area contributed by atoms with Crippen LogP contribution in [0.4, 0.5) is 0 Å². The van der Waals surface area contributed by atoms with Crippen LogP contribution in [0.3, 0.4) is 0 Å². The van der Waals surface area contributed by atoms with Crippen LogP contribution < -0.4 is 10.6 Å². The van der Waals surface area contributed by atoms with E-state index in [-0.39, 0.29) is 11.9 Å². The summed E-state index contributed by atoms with van der Waals surface area (Å²) in [5.74, 6) is 0.120. The highest BCUT2D eigenvalue weighted by atomic mass is 16.2. The molecule has 1 saturated heterocycles. The van der Waals surface area contributed by atoms with Crippen molar-refractivity contribution in [1.29, 1.82) is 0 Å². The van der Waals surface area contributed by atoms with E-state index in [4.69, 9.17) is 0 Å². The molecular weight excluding hydrogens is 178 g/mol. The molecular formula is C10H21N3O. The third kappa shape index (κ3) is 3.64. The van der Waals surface area contributed by atoms with Gasteiger partial charge in [-0.2, -0.15) is 0 Å². The van der Waals surface area contributed by atoms with Crippen LogP contribution in [0.1, 0.15) is 20.3 Å². The normalized spacial score (nSPS) is 21.9. The number of hydrogen-bond donors (Lipinski definition) is 2. The monoisotopic (exact) mass is 199 g/mol. The second-order valence-corrected chi connectivity index (χ2v) is 4.28. The number of nitrogens with one attached hydrogen (secondary N) is 2. The predicted octanol–water partition coefficient (Wildman–Crippen LogP) is -0.195. The Kier molecular flexibility index (Phi) is 4.35. The molecule has 4 nitrogen and oxygen atoms in total. The smallest absolute Gasteiger partial charge is 0.234 e. The van der Waals surface area contributed by atoms with Gasteiger partial charge >= 0.3 is 0 Å². The van der Waals surface area contributed by atoms with Crippen LogP contribution in [0.5, 0.6) is 0 Å². The maximum absolute atomic E-state index is 11.4. The zero-order chi connectivity index (χ0) is 10.6. The van der Waals surface area contributed by atoms with E-state index in [1.165, 1.54) is 0 Å².